The minimum Gasteiger partial charge on any atom is -0.347 e. The maximum absolute atomic E-state index is 14.0. The molecule has 0 spiro atoms. The van der Waals surface area contributed by atoms with Gasteiger partial charge in [0.05, 0.1) is 23.5 Å². The molecule has 0 saturated carbocycles. The maximum Gasteiger partial charge on any atom is 0.408 e. The van der Waals surface area contributed by atoms with Crippen LogP contribution in [-0.2, 0) is 0 Å². The Labute approximate surface area is 140 Å². The molecule has 0 radical (unpaired) electrons. The van der Waals surface area contributed by atoms with Gasteiger partial charge in [-0.2, -0.15) is 13.2 Å². The number of fused-ring (bicyclic) bond motifs is 1. The minimum absolute atomic E-state index is 0.0309. The molecule has 3 aromatic rings. The first-order valence-electron chi connectivity index (χ1n) is 7.30. The molecule has 25 heavy (non-hydrogen) atoms. The summed E-state index contributed by atoms with van der Waals surface area (Å²) in [4.78, 5) is 17.0. The summed E-state index contributed by atoms with van der Waals surface area (Å²) in [6.45, 7) is 1.03. The van der Waals surface area contributed by atoms with Gasteiger partial charge >= 0.3 is 6.18 Å². The van der Waals surface area contributed by atoms with Crippen LogP contribution >= 0.6 is 0 Å². The van der Waals surface area contributed by atoms with Gasteiger partial charge in [-0.15, -0.1) is 0 Å². The molecule has 0 aliphatic rings. The molecule has 9 heteroatoms. The fourth-order valence-corrected chi connectivity index (χ4v) is 2.31. The smallest absolute Gasteiger partial charge is 0.347 e. The lowest BCUT2D eigenvalue weighted by Crippen LogP contribution is -2.41. The second-order valence-electron chi connectivity index (χ2n) is 5.45. The zero-order valence-electron chi connectivity index (χ0n) is 13.3. The second-order valence-corrected chi connectivity index (χ2v) is 5.45. The van der Waals surface area contributed by atoms with Crippen LogP contribution in [0.15, 0.2) is 36.9 Å². The number of hydrogen-bond acceptors (Lipinski definition) is 5. The number of rotatable bonds is 3. The normalized spacial score (nSPS) is 13.0. The van der Waals surface area contributed by atoms with E-state index in [4.69, 9.17) is 0 Å². The molecule has 0 saturated heterocycles. The summed E-state index contributed by atoms with van der Waals surface area (Å²) in [7, 11) is 1.28. The molecule has 0 N–H and O–H groups in total. The molecule has 0 fully saturated rings. The molecule has 1 atom stereocenters. The Morgan fingerprint density at radius 3 is 2.40 bits per heavy atom. The van der Waals surface area contributed by atoms with Crippen LogP contribution in [0.25, 0.3) is 22.3 Å². The first-order chi connectivity index (χ1) is 11.8. The molecular formula is C16H13F4N5. The van der Waals surface area contributed by atoms with Crippen molar-refractivity contribution in [1.29, 1.82) is 0 Å². The highest BCUT2D eigenvalue weighted by atomic mass is 19.4. The van der Waals surface area contributed by atoms with Gasteiger partial charge in [-0.05, 0) is 19.1 Å². The SMILES string of the molecule is C[C@H](N(C)c1nc(-c2ccncc2F)nc2cnccc12)C(F)(F)F. The molecule has 0 aliphatic carbocycles. The van der Waals surface area contributed by atoms with Crippen LogP contribution < -0.4 is 4.90 Å². The van der Waals surface area contributed by atoms with Gasteiger partial charge in [-0.3, -0.25) is 9.97 Å². The monoisotopic (exact) mass is 351 g/mol. The second kappa shape index (κ2) is 6.23. The third-order valence-electron chi connectivity index (χ3n) is 3.88. The van der Waals surface area contributed by atoms with Crippen molar-refractivity contribution >= 4 is 16.7 Å². The van der Waals surface area contributed by atoms with Gasteiger partial charge in [-0.25, -0.2) is 14.4 Å². The zero-order chi connectivity index (χ0) is 18.2. The fraction of sp³-hybridized carbons (Fsp3) is 0.250. The number of halogens is 4. The number of aromatic nitrogens is 4. The average Bonchev–Trinajstić information content (AvgIpc) is 2.59. The van der Waals surface area contributed by atoms with Crippen LogP contribution in [0.4, 0.5) is 23.4 Å². The van der Waals surface area contributed by atoms with Crippen molar-refractivity contribution in [2.24, 2.45) is 0 Å². The Hall–Kier alpha value is -2.84. The lowest BCUT2D eigenvalue weighted by molar-refractivity contribution is -0.144. The van der Waals surface area contributed by atoms with Crippen molar-refractivity contribution in [3.63, 3.8) is 0 Å². The van der Waals surface area contributed by atoms with Crippen molar-refractivity contribution in [2.45, 2.75) is 19.1 Å². The summed E-state index contributed by atoms with van der Waals surface area (Å²) in [5, 5.41) is 0.395. The number of pyridine rings is 2. The van der Waals surface area contributed by atoms with Gasteiger partial charge in [0.1, 0.15) is 11.9 Å². The zero-order valence-corrected chi connectivity index (χ0v) is 13.3. The highest BCUT2D eigenvalue weighted by molar-refractivity contribution is 5.90. The number of alkyl halides is 3. The van der Waals surface area contributed by atoms with Crippen LogP contribution in [0, 0.1) is 5.82 Å². The van der Waals surface area contributed by atoms with Crippen molar-refractivity contribution < 1.29 is 17.6 Å². The molecule has 0 aromatic carbocycles. The van der Waals surface area contributed by atoms with Crippen molar-refractivity contribution in [3.05, 3.63) is 42.7 Å². The van der Waals surface area contributed by atoms with E-state index in [0.29, 0.717) is 10.9 Å². The predicted octanol–water partition coefficient (Wildman–Crippen LogP) is 3.61. The van der Waals surface area contributed by atoms with Crippen LogP contribution in [0.5, 0.6) is 0 Å². The number of nitrogens with zero attached hydrogens (tertiary/aromatic N) is 5. The summed E-state index contributed by atoms with van der Waals surface area (Å²) >= 11 is 0. The van der Waals surface area contributed by atoms with E-state index in [1.54, 1.807) is 0 Å². The van der Waals surface area contributed by atoms with E-state index in [2.05, 4.69) is 19.9 Å². The van der Waals surface area contributed by atoms with Crippen LogP contribution in [0.3, 0.4) is 0 Å². The molecule has 0 unspecified atom stereocenters. The summed E-state index contributed by atoms with van der Waals surface area (Å²) < 4.78 is 53.3. The number of anilines is 1. The summed E-state index contributed by atoms with van der Waals surface area (Å²) in [5.41, 5.74) is 0.370. The van der Waals surface area contributed by atoms with E-state index in [1.807, 2.05) is 0 Å². The predicted molar refractivity (Wildman–Crippen MR) is 84.4 cm³/mol. The van der Waals surface area contributed by atoms with Gasteiger partial charge in [-0.1, -0.05) is 0 Å². The molecule has 0 bridgehead atoms. The van der Waals surface area contributed by atoms with Crippen molar-refractivity contribution in [3.8, 4) is 11.4 Å². The minimum atomic E-state index is -4.44. The lowest BCUT2D eigenvalue weighted by Gasteiger charge is -2.28. The quantitative estimate of drug-likeness (QED) is 0.675. The van der Waals surface area contributed by atoms with E-state index in [-0.39, 0.29) is 17.2 Å². The first kappa shape index (κ1) is 17.0. The van der Waals surface area contributed by atoms with Gasteiger partial charge in [0.25, 0.3) is 0 Å². The molecule has 3 rings (SSSR count). The largest absolute Gasteiger partial charge is 0.408 e. The molecule has 5 nitrogen and oxygen atoms in total. The van der Waals surface area contributed by atoms with E-state index in [1.165, 1.54) is 37.8 Å². The van der Waals surface area contributed by atoms with Gasteiger partial charge < -0.3 is 4.90 Å². The Bertz CT molecular complexity index is 912. The molecule has 3 heterocycles. The fourth-order valence-electron chi connectivity index (χ4n) is 2.31. The topological polar surface area (TPSA) is 54.8 Å². The Morgan fingerprint density at radius 2 is 1.72 bits per heavy atom. The molecule has 0 amide bonds. The van der Waals surface area contributed by atoms with Crippen LogP contribution in [0.1, 0.15) is 6.92 Å². The van der Waals surface area contributed by atoms with Crippen LogP contribution in [0.2, 0.25) is 0 Å². The Kier molecular flexibility index (Phi) is 4.23. The van der Waals surface area contributed by atoms with E-state index in [9.17, 15) is 17.6 Å². The van der Waals surface area contributed by atoms with Crippen molar-refractivity contribution in [1.82, 2.24) is 19.9 Å². The summed E-state index contributed by atoms with van der Waals surface area (Å²) in [6.07, 6.45) is 0.745. The van der Waals surface area contributed by atoms with Crippen molar-refractivity contribution in [2.75, 3.05) is 11.9 Å². The molecule has 0 aliphatic heterocycles. The van der Waals surface area contributed by atoms with E-state index in [0.717, 1.165) is 18.0 Å². The summed E-state index contributed by atoms with van der Waals surface area (Å²) in [5.74, 6) is -0.650. The summed E-state index contributed by atoms with van der Waals surface area (Å²) in [6, 6.07) is 1.11. The molecular weight excluding hydrogens is 338 g/mol. The third-order valence-corrected chi connectivity index (χ3v) is 3.88. The first-order valence-corrected chi connectivity index (χ1v) is 7.30. The number of hydrogen-bond donors (Lipinski definition) is 0. The van der Waals surface area contributed by atoms with Gasteiger partial charge in [0.15, 0.2) is 11.6 Å². The molecule has 130 valence electrons. The highest BCUT2D eigenvalue weighted by Crippen LogP contribution is 2.32. The average molecular weight is 351 g/mol. The third kappa shape index (κ3) is 3.21. The Balaban J connectivity index is 2.22. The highest BCUT2D eigenvalue weighted by Gasteiger charge is 2.39. The Morgan fingerprint density at radius 1 is 1.04 bits per heavy atom. The standard InChI is InChI=1S/C16H13F4N5/c1-9(16(18,19)20)25(2)15-11-4-6-22-8-13(11)23-14(24-15)10-3-5-21-7-12(10)17/h3-9H,1-2H3/t9-/m0/s1. The van der Waals surface area contributed by atoms with Gasteiger partial charge in [0.2, 0.25) is 0 Å². The van der Waals surface area contributed by atoms with E-state index >= 15 is 0 Å². The van der Waals surface area contributed by atoms with Gasteiger partial charge in [0, 0.05) is 24.8 Å². The van der Waals surface area contributed by atoms with Crippen LogP contribution in [-0.4, -0.2) is 39.2 Å². The lowest BCUT2D eigenvalue weighted by atomic mass is 10.2. The maximum atomic E-state index is 14.0. The van der Waals surface area contributed by atoms with E-state index < -0.39 is 18.0 Å². The molecule has 3 aromatic heterocycles.